The number of carbonyl (C=O) groups excluding carboxylic acids is 1. The van der Waals surface area contributed by atoms with Crippen molar-refractivity contribution in [1.82, 2.24) is 14.9 Å². The predicted octanol–water partition coefficient (Wildman–Crippen LogP) is 4.27. The fraction of sp³-hybridized carbons (Fsp3) is 0.409. The highest BCUT2D eigenvalue weighted by Crippen LogP contribution is 2.30. The SMILES string of the molecule is CCCCN(C(=O)CSc1nc(-c2cccs2)nc2ccccc12)C1CCS(=O)(=O)C1. The highest BCUT2D eigenvalue weighted by Gasteiger charge is 2.34. The van der Waals surface area contributed by atoms with E-state index in [1.54, 1.807) is 16.2 Å². The van der Waals surface area contributed by atoms with Gasteiger partial charge in [0.1, 0.15) is 5.03 Å². The van der Waals surface area contributed by atoms with E-state index in [1.165, 1.54) is 11.8 Å². The van der Waals surface area contributed by atoms with Crippen molar-refractivity contribution in [3.8, 4) is 10.7 Å². The van der Waals surface area contributed by atoms with Gasteiger partial charge in [0.25, 0.3) is 0 Å². The van der Waals surface area contributed by atoms with Crippen molar-refractivity contribution >= 4 is 49.7 Å². The normalized spacial score (nSPS) is 17.8. The molecule has 3 aromatic rings. The lowest BCUT2D eigenvalue weighted by Crippen LogP contribution is -2.42. The van der Waals surface area contributed by atoms with E-state index in [2.05, 4.69) is 11.9 Å². The number of benzene rings is 1. The first kappa shape index (κ1) is 22.2. The number of aromatic nitrogens is 2. The molecule has 0 saturated carbocycles. The fourth-order valence-corrected chi connectivity index (χ4v) is 7.04. The van der Waals surface area contributed by atoms with E-state index in [9.17, 15) is 13.2 Å². The van der Waals surface area contributed by atoms with Crippen molar-refractivity contribution < 1.29 is 13.2 Å². The number of hydrogen-bond donors (Lipinski definition) is 0. The van der Waals surface area contributed by atoms with Gasteiger partial charge >= 0.3 is 0 Å². The van der Waals surface area contributed by atoms with Crippen LogP contribution in [-0.2, 0) is 14.6 Å². The number of thioether (sulfide) groups is 1. The second kappa shape index (κ2) is 9.67. The Balaban J connectivity index is 1.56. The average Bonchev–Trinajstić information content (AvgIpc) is 3.42. The highest BCUT2D eigenvalue weighted by molar-refractivity contribution is 8.00. The van der Waals surface area contributed by atoms with Crippen molar-refractivity contribution in [3.63, 3.8) is 0 Å². The molecule has 0 spiro atoms. The lowest BCUT2D eigenvalue weighted by atomic mass is 10.2. The van der Waals surface area contributed by atoms with Gasteiger partial charge in [0.05, 0.1) is 27.7 Å². The van der Waals surface area contributed by atoms with Crippen LogP contribution in [0.15, 0.2) is 46.8 Å². The number of sulfone groups is 1. The lowest BCUT2D eigenvalue weighted by molar-refractivity contribution is -0.130. The third-order valence-corrected chi connectivity index (χ3v) is 8.96. The molecule has 3 heterocycles. The second-order valence-electron chi connectivity index (χ2n) is 7.63. The third-order valence-electron chi connectivity index (χ3n) is 5.36. The van der Waals surface area contributed by atoms with Gasteiger partial charge in [0.15, 0.2) is 15.7 Å². The van der Waals surface area contributed by atoms with Crippen molar-refractivity contribution in [2.45, 2.75) is 37.3 Å². The van der Waals surface area contributed by atoms with Crippen molar-refractivity contribution in [1.29, 1.82) is 0 Å². The van der Waals surface area contributed by atoms with Crippen LogP contribution < -0.4 is 0 Å². The van der Waals surface area contributed by atoms with Crippen molar-refractivity contribution in [3.05, 3.63) is 41.8 Å². The number of nitrogens with zero attached hydrogens (tertiary/aromatic N) is 3. The molecular formula is C22H25N3O3S3. The van der Waals surface area contributed by atoms with E-state index in [0.717, 1.165) is 33.6 Å². The quantitative estimate of drug-likeness (QED) is 0.358. The Morgan fingerprint density at radius 1 is 1.23 bits per heavy atom. The zero-order chi connectivity index (χ0) is 21.8. The molecule has 9 heteroatoms. The molecule has 1 aromatic carbocycles. The summed E-state index contributed by atoms with van der Waals surface area (Å²) in [5, 5.41) is 3.69. The van der Waals surface area contributed by atoms with Crippen molar-refractivity contribution in [2.75, 3.05) is 23.8 Å². The minimum absolute atomic E-state index is 0.0269. The summed E-state index contributed by atoms with van der Waals surface area (Å²) in [7, 11) is -3.05. The molecule has 6 nitrogen and oxygen atoms in total. The monoisotopic (exact) mass is 475 g/mol. The van der Waals surface area contributed by atoms with E-state index in [4.69, 9.17) is 4.98 Å². The highest BCUT2D eigenvalue weighted by atomic mass is 32.2. The van der Waals surface area contributed by atoms with Gasteiger partial charge in [-0.05, 0) is 30.4 Å². The van der Waals surface area contributed by atoms with Crippen LogP contribution >= 0.6 is 23.1 Å². The Hall–Kier alpha value is -1.97. The maximum Gasteiger partial charge on any atom is 0.233 e. The number of carbonyl (C=O) groups is 1. The molecule has 1 fully saturated rings. The summed E-state index contributed by atoms with van der Waals surface area (Å²) in [4.78, 5) is 25.3. The number of rotatable bonds is 8. The van der Waals surface area contributed by atoms with E-state index in [-0.39, 0.29) is 29.2 Å². The van der Waals surface area contributed by atoms with Gasteiger partial charge in [-0.25, -0.2) is 18.4 Å². The molecule has 0 bridgehead atoms. The van der Waals surface area contributed by atoms with Crippen LogP contribution in [-0.4, -0.2) is 59.0 Å². The molecule has 4 rings (SSSR count). The Kier molecular flexibility index (Phi) is 6.93. The number of fused-ring (bicyclic) bond motifs is 1. The molecular weight excluding hydrogens is 450 g/mol. The Bertz CT molecular complexity index is 1160. The molecule has 2 aromatic heterocycles. The number of unbranched alkanes of at least 4 members (excludes halogenated alkanes) is 1. The summed E-state index contributed by atoms with van der Waals surface area (Å²) in [6, 6.07) is 11.6. The average molecular weight is 476 g/mol. The minimum Gasteiger partial charge on any atom is -0.338 e. The van der Waals surface area contributed by atoms with Gasteiger partial charge in [-0.3, -0.25) is 4.79 Å². The minimum atomic E-state index is -3.05. The molecule has 0 aliphatic carbocycles. The summed E-state index contributed by atoms with van der Waals surface area (Å²) >= 11 is 2.98. The number of hydrogen-bond acceptors (Lipinski definition) is 7. The standard InChI is InChI=1S/C22H25N3O3S3/c1-2-3-11-25(16-10-13-31(27,28)15-16)20(26)14-30-22-17-7-4-5-8-18(17)23-21(24-22)19-9-6-12-29-19/h4-9,12,16H,2-3,10-11,13-15H2,1H3. The summed E-state index contributed by atoms with van der Waals surface area (Å²) in [5.74, 6) is 1.10. The summed E-state index contributed by atoms with van der Waals surface area (Å²) < 4.78 is 23.9. The van der Waals surface area contributed by atoms with E-state index in [0.29, 0.717) is 18.8 Å². The molecule has 0 N–H and O–H groups in total. The van der Waals surface area contributed by atoms with E-state index < -0.39 is 9.84 Å². The first-order chi connectivity index (χ1) is 15.0. The molecule has 1 saturated heterocycles. The topological polar surface area (TPSA) is 80.2 Å². The third kappa shape index (κ3) is 5.27. The van der Waals surface area contributed by atoms with Gasteiger partial charge in [-0.2, -0.15) is 0 Å². The summed E-state index contributed by atoms with van der Waals surface area (Å²) in [5.41, 5.74) is 0.848. The first-order valence-electron chi connectivity index (χ1n) is 10.4. The molecule has 1 atom stereocenters. The number of para-hydroxylation sites is 1. The molecule has 1 aliphatic rings. The maximum absolute atomic E-state index is 13.1. The molecule has 164 valence electrons. The maximum atomic E-state index is 13.1. The van der Waals surface area contributed by atoms with Crippen LogP contribution in [0.4, 0.5) is 0 Å². The van der Waals surface area contributed by atoms with Crippen LogP contribution in [0.1, 0.15) is 26.2 Å². The summed E-state index contributed by atoms with van der Waals surface area (Å²) in [6.07, 6.45) is 2.35. The van der Waals surface area contributed by atoms with E-state index >= 15 is 0 Å². The zero-order valence-corrected chi connectivity index (χ0v) is 19.8. The largest absolute Gasteiger partial charge is 0.338 e. The summed E-state index contributed by atoms with van der Waals surface area (Å²) in [6.45, 7) is 2.67. The Morgan fingerprint density at radius 3 is 2.77 bits per heavy atom. The van der Waals surface area contributed by atoms with Crippen LogP contribution in [0.5, 0.6) is 0 Å². The van der Waals surface area contributed by atoms with Crippen LogP contribution in [0, 0.1) is 0 Å². The fourth-order valence-electron chi connectivity index (χ4n) is 3.75. The van der Waals surface area contributed by atoms with Crippen LogP contribution in [0.2, 0.25) is 0 Å². The van der Waals surface area contributed by atoms with Crippen LogP contribution in [0.3, 0.4) is 0 Å². The molecule has 1 unspecified atom stereocenters. The predicted molar refractivity (Wildman–Crippen MR) is 127 cm³/mol. The van der Waals surface area contributed by atoms with Gasteiger partial charge in [-0.15, -0.1) is 11.3 Å². The van der Waals surface area contributed by atoms with Gasteiger partial charge in [0, 0.05) is 18.0 Å². The lowest BCUT2D eigenvalue weighted by Gasteiger charge is -2.28. The van der Waals surface area contributed by atoms with Gasteiger partial charge in [0.2, 0.25) is 5.91 Å². The molecule has 31 heavy (non-hydrogen) atoms. The molecule has 1 aliphatic heterocycles. The van der Waals surface area contributed by atoms with Gasteiger partial charge in [-0.1, -0.05) is 49.4 Å². The number of amides is 1. The second-order valence-corrected chi connectivity index (χ2v) is 11.8. The number of thiophene rings is 1. The molecule has 1 amide bonds. The molecule has 0 radical (unpaired) electrons. The zero-order valence-electron chi connectivity index (χ0n) is 17.4. The smallest absolute Gasteiger partial charge is 0.233 e. The Labute approximate surface area is 191 Å². The van der Waals surface area contributed by atoms with Gasteiger partial charge < -0.3 is 4.90 Å². The Morgan fingerprint density at radius 2 is 2.06 bits per heavy atom. The van der Waals surface area contributed by atoms with E-state index in [1.807, 2.05) is 41.8 Å². The van der Waals surface area contributed by atoms with Crippen LogP contribution in [0.25, 0.3) is 21.6 Å². The van der Waals surface area contributed by atoms with Crippen molar-refractivity contribution in [2.24, 2.45) is 0 Å². The first-order valence-corrected chi connectivity index (χ1v) is 14.1.